The van der Waals surface area contributed by atoms with Crippen LogP contribution in [0.5, 0.6) is 5.75 Å². The molecule has 1 aliphatic heterocycles. The van der Waals surface area contributed by atoms with Gasteiger partial charge in [-0.1, -0.05) is 30.3 Å². The summed E-state index contributed by atoms with van der Waals surface area (Å²) in [4.78, 5) is 39.3. The molecule has 2 aromatic heterocycles. The molecule has 1 aliphatic rings. The number of carbonyl (C=O) groups is 1. The Morgan fingerprint density at radius 3 is 2.44 bits per heavy atom. The van der Waals surface area contributed by atoms with E-state index < -0.39 is 5.97 Å². The number of benzene rings is 2. The van der Waals surface area contributed by atoms with Gasteiger partial charge >= 0.3 is 5.97 Å². The van der Waals surface area contributed by atoms with Gasteiger partial charge in [0.25, 0.3) is 5.56 Å². The highest BCUT2D eigenvalue weighted by molar-refractivity contribution is 5.93. The Kier molecular flexibility index (Phi) is 5.37. The number of anilines is 1. The van der Waals surface area contributed by atoms with Gasteiger partial charge in [-0.2, -0.15) is 4.98 Å². The summed E-state index contributed by atoms with van der Waals surface area (Å²) in [6.07, 6.45) is 5.05. The van der Waals surface area contributed by atoms with Crippen molar-refractivity contribution in [1.82, 2.24) is 15.0 Å². The molecule has 2 aromatic carbocycles. The Morgan fingerprint density at radius 2 is 1.69 bits per heavy atom. The zero-order valence-corrected chi connectivity index (χ0v) is 17.5. The fourth-order valence-electron chi connectivity index (χ4n) is 3.99. The first-order chi connectivity index (χ1) is 15.7. The molecule has 1 saturated heterocycles. The zero-order chi connectivity index (χ0) is 21.9. The third kappa shape index (κ3) is 3.97. The Balaban J connectivity index is 1.44. The fourth-order valence-corrected chi connectivity index (χ4v) is 3.99. The van der Waals surface area contributed by atoms with Gasteiger partial charge in [0.1, 0.15) is 5.75 Å². The summed E-state index contributed by atoms with van der Waals surface area (Å²) in [6.45, 7) is 1.77. The number of rotatable bonds is 4. The third-order valence-electron chi connectivity index (χ3n) is 5.64. The quantitative estimate of drug-likeness (QED) is 0.389. The van der Waals surface area contributed by atoms with Crippen molar-refractivity contribution >= 4 is 23.0 Å². The van der Waals surface area contributed by atoms with Crippen molar-refractivity contribution in [2.75, 3.05) is 18.0 Å². The first-order valence-electron chi connectivity index (χ1n) is 10.7. The van der Waals surface area contributed by atoms with Crippen LogP contribution in [0, 0.1) is 0 Å². The molecule has 0 aliphatic carbocycles. The molecule has 0 spiro atoms. The summed E-state index contributed by atoms with van der Waals surface area (Å²) in [5, 5.41) is 0.447. The normalized spacial score (nSPS) is 13.8. The van der Waals surface area contributed by atoms with Crippen LogP contribution in [-0.4, -0.2) is 34.0 Å². The first-order valence-corrected chi connectivity index (χ1v) is 10.7. The van der Waals surface area contributed by atoms with Crippen LogP contribution in [0.15, 0.2) is 71.7 Å². The molecule has 0 amide bonds. The molecule has 160 valence electrons. The average molecular weight is 426 g/mol. The lowest BCUT2D eigenvalue weighted by molar-refractivity contribution is 0.0735. The molecule has 1 fully saturated rings. The second-order valence-electron chi connectivity index (χ2n) is 7.77. The van der Waals surface area contributed by atoms with Gasteiger partial charge in [0.05, 0.1) is 10.9 Å². The van der Waals surface area contributed by atoms with Gasteiger partial charge in [-0.15, -0.1) is 0 Å². The number of H-pyrrole nitrogens is 1. The molecule has 0 saturated carbocycles. The van der Waals surface area contributed by atoms with Crippen LogP contribution in [0.2, 0.25) is 0 Å². The number of esters is 1. The highest BCUT2D eigenvalue weighted by Crippen LogP contribution is 2.27. The minimum atomic E-state index is -0.418. The van der Waals surface area contributed by atoms with Gasteiger partial charge in [0.15, 0.2) is 5.65 Å². The molecule has 32 heavy (non-hydrogen) atoms. The average Bonchev–Trinajstić information content (AvgIpc) is 2.85. The van der Waals surface area contributed by atoms with Gasteiger partial charge < -0.3 is 9.64 Å². The smallest absolute Gasteiger partial charge is 0.343 e. The van der Waals surface area contributed by atoms with Crippen LogP contribution < -0.4 is 15.2 Å². The van der Waals surface area contributed by atoms with E-state index in [9.17, 15) is 9.59 Å². The van der Waals surface area contributed by atoms with Gasteiger partial charge in [-0.25, -0.2) is 9.78 Å². The molecule has 0 unspecified atom stereocenters. The predicted molar refractivity (Wildman–Crippen MR) is 123 cm³/mol. The summed E-state index contributed by atoms with van der Waals surface area (Å²) in [7, 11) is 0. The molecule has 0 radical (unpaired) electrons. The molecule has 1 N–H and O–H groups in total. The van der Waals surface area contributed by atoms with Crippen molar-refractivity contribution < 1.29 is 9.53 Å². The van der Waals surface area contributed by atoms with E-state index in [1.54, 1.807) is 48.7 Å². The number of piperidine rings is 1. The number of nitrogens with one attached hydrogen (secondary N) is 1. The topological polar surface area (TPSA) is 88.2 Å². The van der Waals surface area contributed by atoms with E-state index >= 15 is 0 Å². The van der Waals surface area contributed by atoms with E-state index in [1.807, 2.05) is 18.2 Å². The zero-order valence-electron chi connectivity index (χ0n) is 17.5. The summed E-state index contributed by atoms with van der Waals surface area (Å²) in [5.41, 5.74) is 2.24. The van der Waals surface area contributed by atoms with Crippen LogP contribution in [-0.2, 0) is 0 Å². The molecular weight excluding hydrogens is 404 g/mol. The highest BCUT2D eigenvalue weighted by atomic mass is 16.5. The van der Waals surface area contributed by atoms with E-state index in [4.69, 9.17) is 4.74 Å². The Bertz CT molecular complexity index is 1310. The van der Waals surface area contributed by atoms with E-state index in [2.05, 4.69) is 19.9 Å². The third-order valence-corrected chi connectivity index (χ3v) is 5.64. The van der Waals surface area contributed by atoms with Crippen LogP contribution in [0.25, 0.3) is 22.2 Å². The number of pyridine rings is 1. The van der Waals surface area contributed by atoms with Gasteiger partial charge in [-0.3, -0.25) is 9.78 Å². The van der Waals surface area contributed by atoms with Crippen molar-refractivity contribution in [3.05, 3.63) is 82.8 Å². The van der Waals surface area contributed by atoms with E-state index in [0.717, 1.165) is 37.1 Å². The van der Waals surface area contributed by atoms with E-state index in [1.165, 1.54) is 6.42 Å². The maximum Gasteiger partial charge on any atom is 0.343 e. The number of aromatic amines is 1. The number of hydrogen-bond acceptors (Lipinski definition) is 6. The minimum Gasteiger partial charge on any atom is -0.423 e. The van der Waals surface area contributed by atoms with Crippen molar-refractivity contribution in [3.63, 3.8) is 0 Å². The number of aromatic nitrogens is 3. The van der Waals surface area contributed by atoms with Crippen LogP contribution >= 0.6 is 0 Å². The summed E-state index contributed by atoms with van der Waals surface area (Å²) >= 11 is 0. The maximum absolute atomic E-state index is 13.0. The molecule has 0 bridgehead atoms. The molecule has 5 rings (SSSR count). The summed E-state index contributed by atoms with van der Waals surface area (Å²) in [5.74, 6) is 0.592. The molecule has 0 atom stereocenters. The second kappa shape index (κ2) is 8.63. The molecule has 4 aromatic rings. The Hall–Kier alpha value is -4.00. The van der Waals surface area contributed by atoms with E-state index in [-0.39, 0.29) is 5.56 Å². The largest absolute Gasteiger partial charge is 0.423 e. The number of nitrogens with zero attached hydrogens (tertiary/aromatic N) is 3. The lowest BCUT2D eigenvalue weighted by atomic mass is 10.0. The van der Waals surface area contributed by atoms with Crippen LogP contribution in [0.1, 0.15) is 29.6 Å². The number of fused-ring (bicyclic) bond motifs is 1. The van der Waals surface area contributed by atoms with Crippen molar-refractivity contribution in [3.8, 4) is 16.9 Å². The molecule has 3 heterocycles. The monoisotopic (exact) mass is 426 g/mol. The second-order valence-corrected chi connectivity index (χ2v) is 7.77. The van der Waals surface area contributed by atoms with Crippen LogP contribution in [0.3, 0.4) is 0 Å². The van der Waals surface area contributed by atoms with E-state index in [0.29, 0.717) is 28.3 Å². The Morgan fingerprint density at radius 1 is 0.938 bits per heavy atom. The molecular formula is C25H22N4O3. The van der Waals surface area contributed by atoms with Gasteiger partial charge in [-0.05, 0) is 60.7 Å². The first kappa shape index (κ1) is 19.9. The summed E-state index contributed by atoms with van der Waals surface area (Å²) < 4.78 is 5.45. The number of carbonyl (C=O) groups excluding carboxylic acids is 1. The molecule has 7 nitrogen and oxygen atoms in total. The predicted octanol–water partition coefficient (Wildman–Crippen LogP) is 4.19. The number of hydrogen-bond donors (Lipinski definition) is 1. The van der Waals surface area contributed by atoms with Crippen LogP contribution in [0.4, 0.5) is 5.95 Å². The maximum atomic E-state index is 13.0. The molecule has 7 heteroatoms. The van der Waals surface area contributed by atoms with Gasteiger partial charge in [0.2, 0.25) is 5.95 Å². The standard InChI is InChI=1S/C25H22N4O3/c30-23-21-20(13-14-26-22(21)27-25(28-23)29-15-5-2-6-16-29)17-9-11-19(12-10-17)32-24(31)18-7-3-1-4-8-18/h1,3-4,7-14H,2,5-6,15-16H2,(H,26,27,28,30). The summed E-state index contributed by atoms with van der Waals surface area (Å²) in [6, 6.07) is 17.7. The lowest BCUT2D eigenvalue weighted by Gasteiger charge is -2.27. The fraction of sp³-hybridized carbons (Fsp3) is 0.200. The number of ether oxygens (including phenoxy) is 1. The lowest BCUT2D eigenvalue weighted by Crippen LogP contribution is -2.32. The van der Waals surface area contributed by atoms with Gasteiger partial charge in [0, 0.05) is 19.3 Å². The SMILES string of the molecule is O=C(Oc1ccc(-c2ccnc3nc(N4CCCCC4)[nH]c(=O)c23)cc1)c1ccccc1. The van der Waals surface area contributed by atoms with Crippen molar-refractivity contribution in [2.24, 2.45) is 0 Å². The highest BCUT2D eigenvalue weighted by Gasteiger charge is 2.17. The van der Waals surface area contributed by atoms with Crippen molar-refractivity contribution in [2.45, 2.75) is 19.3 Å². The van der Waals surface area contributed by atoms with Crippen molar-refractivity contribution in [1.29, 1.82) is 0 Å². The Labute approximate surface area is 184 Å². The minimum absolute atomic E-state index is 0.210.